The van der Waals surface area contributed by atoms with E-state index in [-0.39, 0.29) is 0 Å². The molecule has 1 nitrogen and oxygen atoms in total. The van der Waals surface area contributed by atoms with Crippen LogP contribution in [0.15, 0.2) is 65.6 Å². The lowest BCUT2D eigenvalue weighted by atomic mass is 9.44. The molecule has 1 atom stereocenters. The molecule has 2 bridgehead atoms. The molecule has 0 spiro atoms. The van der Waals surface area contributed by atoms with E-state index in [2.05, 4.69) is 72.4 Å². The molecule has 0 saturated heterocycles. The third kappa shape index (κ3) is 2.51. The minimum atomic E-state index is 0.458. The highest BCUT2D eigenvalue weighted by molar-refractivity contribution is 8.00. The molecular formula is C19H20OS. The lowest BCUT2D eigenvalue weighted by Crippen LogP contribution is -2.66. The monoisotopic (exact) mass is 296 g/mol. The van der Waals surface area contributed by atoms with Crippen molar-refractivity contribution in [2.75, 3.05) is 6.61 Å². The summed E-state index contributed by atoms with van der Waals surface area (Å²) in [7, 11) is 0. The lowest BCUT2D eigenvalue weighted by molar-refractivity contribution is -0.146. The van der Waals surface area contributed by atoms with E-state index in [1.165, 1.54) is 23.3 Å². The predicted molar refractivity (Wildman–Crippen MR) is 87.3 cm³/mol. The molecule has 1 unspecified atom stereocenters. The van der Waals surface area contributed by atoms with Crippen molar-refractivity contribution < 1.29 is 4.74 Å². The van der Waals surface area contributed by atoms with Gasteiger partial charge in [-0.15, -0.1) is 11.8 Å². The van der Waals surface area contributed by atoms with Gasteiger partial charge in [0.05, 0.1) is 13.2 Å². The molecule has 0 aromatic heterocycles. The largest absolute Gasteiger partial charge is 0.376 e. The summed E-state index contributed by atoms with van der Waals surface area (Å²) in [5, 5.41) is 0.774. The normalized spacial score (nSPS) is 29.5. The van der Waals surface area contributed by atoms with Crippen LogP contribution in [0.4, 0.5) is 0 Å². The van der Waals surface area contributed by atoms with Gasteiger partial charge in [0, 0.05) is 15.6 Å². The Morgan fingerprint density at radius 3 is 2.24 bits per heavy atom. The Morgan fingerprint density at radius 1 is 0.952 bits per heavy atom. The van der Waals surface area contributed by atoms with E-state index in [0.29, 0.717) is 5.41 Å². The van der Waals surface area contributed by atoms with Crippen LogP contribution in [-0.4, -0.2) is 11.9 Å². The van der Waals surface area contributed by atoms with Crippen molar-refractivity contribution in [3.8, 4) is 0 Å². The number of hydrogen-bond donors (Lipinski definition) is 0. The first-order valence-corrected chi connectivity index (χ1v) is 8.57. The van der Waals surface area contributed by atoms with Crippen molar-refractivity contribution in [2.24, 2.45) is 11.3 Å². The number of benzene rings is 2. The lowest BCUT2D eigenvalue weighted by Gasteiger charge is -2.67. The van der Waals surface area contributed by atoms with Crippen LogP contribution in [0, 0.1) is 11.3 Å². The second-order valence-corrected chi connectivity index (χ2v) is 7.58. The SMILES string of the molecule is c1ccc(COCC23CC(C2)C3Sc2ccccc2)cc1. The second-order valence-electron chi connectivity index (χ2n) is 6.36. The standard InChI is InChI=1S/C19H20OS/c1-3-7-15(8-4-1)13-20-14-19-11-16(12-19)18(19)21-17-9-5-2-6-10-17/h1-10,16,18H,11-14H2. The first kappa shape index (κ1) is 13.4. The molecule has 3 aliphatic rings. The van der Waals surface area contributed by atoms with Gasteiger partial charge in [-0.2, -0.15) is 0 Å². The summed E-state index contributed by atoms with van der Waals surface area (Å²) < 4.78 is 6.02. The zero-order valence-electron chi connectivity index (χ0n) is 12.1. The van der Waals surface area contributed by atoms with Crippen LogP contribution in [0.5, 0.6) is 0 Å². The van der Waals surface area contributed by atoms with Crippen molar-refractivity contribution in [1.29, 1.82) is 0 Å². The Bertz CT molecular complexity index is 589. The summed E-state index contributed by atoms with van der Waals surface area (Å²) in [5.41, 5.74) is 1.73. The van der Waals surface area contributed by atoms with Gasteiger partial charge in [0.1, 0.15) is 0 Å². The van der Waals surface area contributed by atoms with E-state index in [1.54, 1.807) is 0 Å². The molecule has 0 amide bonds. The van der Waals surface area contributed by atoms with Crippen molar-refractivity contribution in [1.82, 2.24) is 0 Å². The topological polar surface area (TPSA) is 9.23 Å². The van der Waals surface area contributed by atoms with E-state index in [4.69, 9.17) is 4.74 Å². The quantitative estimate of drug-likeness (QED) is 0.759. The highest BCUT2D eigenvalue weighted by Crippen LogP contribution is 2.69. The second kappa shape index (κ2) is 5.51. The van der Waals surface area contributed by atoms with Gasteiger partial charge in [-0.25, -0.2) is 0 Å². The average molecular weight is 296 g/mol. The predicted octanol–water partition coefficient (Wildman–Crippen LogP) is 4.77. The maximum Gasteiger partial charge on any atom is 0.0717 e. The fraction of sp³-hybridized carbons (Fsp3) is 0.368. The highest BCUT2D eigenvalue weighted by atomic mass is 32.2. The van der Waals surface area contributed by atoms with Gasteiger partial charge in [-0.05, 0) is 36.5 Å². The van der Waals surface area contributed by atoms with Gasteiger partial charge in [0.25, 0.3) is 0 Å². The fourth-order valence-electron chi connectivity index (χ4n) is 3.62. The molecule has 0 aliphatic heterocycles. The molecule has 108 valence electrons. The van der Waals surface area contributed by atoms with E-state index < -0.39 is 0 Å². The number of rotatable bonds is 6. The Hall–Kier alpha value is -1.25. The van der Waals surface area contributed by atoms with E-state index in [9.17, 15) is 0 Å². The van der Waals surface area contributed by atoms with Crippen LogP contribution >= 0.6 is 11.8 Å². The molecule has 3 saturated carbocycles. The maximum atomic E-state index is 6.02. The van der Waals surface area contributed by atoms with Gasteiger partial charge < -0.3 is 4.74 Å². The summed E-state index contributed by atoms with van der Waals surface area (Å²) in [4.78, 5) is 1.40. The van der Waals surface area contributed by atoms with Crippen molar-refractivity contribution >= 4 is 11.8 Å². The van der Waals surface area contributed by atoms with Gasteiger partial charge in [-0.3, -0.25) is 0 Å². The van der Waals surface area contributed by atoms with Crippen LogP contribution in [0.3, 0.4) is 0 Å². The molecule has 3 fully saturated rings. The molecule has 21 heavy (non-hydrogen) atoms. The van der Waals surface area contributed by atoms with Crippen LogP contribution < -0.4 is 0 Å². The van der Waals surface area contributed by atoms with Gasteiger partial charge >= 0.3 is 0 Å². The smallest absolute Gasteiger partial charge is 0.0717 e. The molecule has 0 heterocycles. The zero-order chi connectivity index (χ0) is 14.1. The molecule has 5 rings (SSSR count). The van der Waals surface area contributed by atoms with Crippen LogP contribution in [-0.2, 0) is 11.3 Å². The van der Waals surface area contributed by atoms with Gasteiger partial charge in [-0.1, -0.05) is 48.5 Å². The van der Waals surface area contributed by atoms with Crippen molar-refractivity contribution in [3.63, 3.8) is 0 Å². The van der Waals surface area contributed by atoms with Crippen molar-refractivity contribution in [2.45, 2.75) is 29.6 Å². The first-order valence-electron chi connectivity index (χ1n) is 7.69. The highest BCUT2D eigenvalue weighted by Gasteiger charge is 2.65. The molecule has 0 N–H and O–H groups in total. The Kier molecular flexibility index (Phi) is 3.52. The molecule has 0 radical (unpaired) electrons. The van der Waals surface area contributed by atoms with E-state index >= 15 is 0 Å². The molecular weight excluding hydrogens is 276 g/mol. The summed E-state index contributed by atoms with van der Waals surface area (Å²) in [5.74, 6) is 0.926. The molecule has 3 aliphatic carbocycles. The third-order valence-electron chi connectivity index (χ3n) is 4.88. The van der Waals surface area contributed by atoms with E-state index in [0.717, 1.165) is 24.4 Å². The Balaban J connectivity index is 1.31. The van der Waals surface area contributed by atoms with Crippen LogP contribution in [0.25, 0.3) is 0 Å². The van der Waals surface area contributed by atoms with E-state index in [1.807, 2.05) is 0 Å². The minimum absolute atomic E-state index is 0.458. The summed E-state index contributed by atoms with van der Waals surface area (Å²) >= 11 is 2.05. The minimum Gasteiger partial charge on any atom is -0.376 e. The number of ether oxygens (including phenoxy) is 1. The van der Waals surface area contributed by atoms with Crippen LogP contribution in [0.2, 0.25) is 0 Å². The Morgan fingerprint density at radius 2 is 1.62 bits per heavy atom. The summed E-state index contributed by atoms with van der Waals surface area (Å²) in [6.45, 7) is 1.67. The Labute approximate surface area is 130 Å². The fourth-order valence-corrected chi connectivity index (χ4v) is 5.13. The maximum absolute atomic E-state index is 6.02. The molecule has 2 aromatic rings. The summed E-state index contributed by atoms with van der Waals surface area (Å²) in [6.07, 6.45) is 2.73. The molecule has 2 aromatic carbocycles. The van der Waals surface area contributed by atoms with Crippen molar-refractivity contribution in [3.05, 3.63) is 66.2 Å². The third-order valence-corrected chi connectivity index (χ3v) is 6.56. The average Bonchev–Trinajstić information content (AvgIpc) is 2.50. The van der Waals surface area contributed by atoms with Gasteiger partial charge in [0.15, 0.2) is 0 Å². The first-order chi connectivity index (χ1) is 10.4. The van der Waals surface area contributed by atoms with Gasteiger partial charge in [0.2, 0.25) is 0 Å². The number of thioether (sulfide) groups is 1. The zero-order valence-corrected chi connectivity index (χ0v) is 12.9. The molecule has 2 heteroatoms. The summed E-state index contributed by atoms with van der Waals surface area (Å²) in [6, 6.07) is 21.3. The number of hydrogen-bond acceptors (Lipinski definition) is 2. The van der Waals surface area contributed by atoms with Crippen LogP contribution in [0.1, 0.15) is 18.4 Å².